The van der Waals surface area contributed by atoms with Crippen molar-refractivity contribution in [2.24, 2.45) is 13.0 Å². The van der Waals surface area contributed by atoms with Crippen molar-refractivity contribution >= 4 is 16.7 Å². The van der Waals surface area contributed by atoms with Gasteiger partial charge in [0.1, 0.15) is 0 Å². The molecule has 0 radical (unpaired) electrons. The highest BCUT2D eigenvalue weighted by atomic mass is 15.3. The van der Waals surface area contributed by atoms with Crippen molar-refractivity contribution in [2.45, 2.75) is 40.2 Å². The van der Waals surface area contributed by atoms with Gasteiger partial charge in [0, 0.05) is 18.5 Å². The Bertz CT molecular complexity index is 542. The molecule has 2 aromatic heterocycles. The van der Waals surface area contributed by atoms with E-state index >= 15 is 0 Å². The van der Waals surface area contributed by atoms with Crippen LogP contribution < -0.4 is 5.32 Å². The number of hydrogen-bond donors (Lipinski definition) is 1. The van der Waals surface area contributed by atoms with Gasteiger partial charge < -0.3 is 5.32 Å². The van der Waals surface area contributed by atoms with Gasteiger partial charge in [0.05, 0.1) is 17.6 Å². The lowest BCUT2D eigenvalue weighted by Gasteiger charge is -2.17. The fourth-order valence-corrected chi connectivity index (χ4v) is 2.44. The van der Waals surface area contributed by atoms with Crippen LogP contribution >= 0.6 is 0 Å². The van der Waals surface area contributed by atoms with Crippen LogP contribution in [0.1, 0.15) is 32.9 Å². The molecule has 0 aromatic carbocycles. The number of pyridine rings is 1. The van der Waals surface area contributed by atoms with Crippen LogP contribution in [0.25, 0.3) is 11.0 Å². The van der Waals surface area contributed by atoms with Crippen LogP contribution in [0.5, 0.6) is 0 Å². The van der Waals surface area contributed by atoms with E-state index in [2.05, 4.69) is 42.2 Å². The van der Waals surface area contributed by atoms with Gasteiger partial charge >= 0.3 is 0 Å². The summed E-state index contributed by atoms with van der Waals surface area (Å²) < 4.78 is 1.83. The molecule has 4 nitrogen and oxygen atoms in total. The van der Waals surface area contributed by atoms with Crippen molar-refractivity contribution in [3.05, 3.63) is 18.0 Å². The van der Waals surface area contributed by atoms with Gasteiger partial charge in [-0.3, -0.25) is 4.68 Å². The molecule has 4 heteroatoms. The van der Waals surface area contributed by atoms with Gasteiger partial charge in [0.25, 0.3) is 0 Å². The van der Waals surface area contributed by atoms with Gasteiger partial charge in [-0.15, -0.1) is 0 Å². The molecule has 0 aliphatic heterocycles. The highest BCUT2D eigenvalue weighted by Crippen LogP contribution is 2.20. The van der Waals surface area contributed by atoms with Crippen LogP contribution in [0.3, 0.4) is 0 Å². The summed E-state index contributed by atoms with van der Waals surface area (Å²) >= 11 is 0. The first-order valence-electron chi connectivity index (χ1n) is 6.53. The zero-order valence-electron chi connectivity index (χ0n) is 11.9. The van der Waals surface area contributed by atoms with E-state index in [0.717, 1.165) is 28.8 Å². The van der Waals surface area contributed by atoms with Crippen molar-refractivity contribution in [1.82, 2.24) is 14.8 Å². The Labute approximate surface area is 108 Å². The molecular formula is C14H22N4. The molecule has 1 atom stereocenters. The van der Waals surface area contributed by atoms with E-state index in [4.69, 9.17) is 0 Å². The Hall–Kier alpha value is -1.58. The second kappa shape index (κ2) is 4.96. The lowest BCUT2D eigenvalue weighted by molar-refractivity contribution is 0.540. The van der Waals surface area contributed by atoms with Crippen LogP contribution in [0.2, 0.25) is 0 Å². The van der Waals surface area contributed by atoms with Crippen molar-refractivity contribution in [3.63, 3.8) is 0 Å². The molecule has 2 rings (SSSR count). The number of aryl methyl sites for hydroxylation is 2. The molecule has 0 amide bonds. The third-order valence-electron chi connectivity index (χ3n) is 3.10. The van der Waals surface area contributed by atoms with Gasteiger partial charge in [-0.25, -0.2) is 4.98 Å². The van der Waals surface area contributed by atoms with Crippen LogP contribution in [0.4, 0.5) is 5.69 Å². The van der Waals surface area contributed by atoms with Gasteiger partial charge in [0.15, 0.2) is 5.65 Å². The Balaban J connectivity index is 2.22. The van der Waals surface area contributed by atoms with E-state index < -0.39 is 0 Å². The van der Waals surface area contributed by atoms with Crippen LogP contribution in [0, 0.1) is 12.8 Å². The molecule has 0 bridgehead atoms. The van der Waals surface area contributed by atoms with E-state index in [1.54, 1.807) is 0 Å². The minimum atomic E-state index is 0.459. The molecule has 98 valence electrons. The van der Waals surface area contributed by atoms with Gasteiger partial charge in [-0.2, -0.15) is 5.10 Å². The maximum atomic E-state index is 4.47. The number of rotatable bonds is 4. The lowest BCUT2D eigenvalue weighted by atomic mass is 10.1. The number of hydrogen-bond acceptors (Lipinski definition) is 3. The molecule has 0 fully saturated rings. The van der Waals surface area contributed by atoms with Gasteiger partial charge in [0.2, 0.25) is 0 Å². The minimum Gasteiger partial charge on any atom is -0.381 e. The highest BCUT2D eigenvalue weighted by molar-refractivity contribution is 5.81. The van der Waals surface area contributed by atoms with Crippen molar-refractivity contribution in [1.29, 1.82) is 0 Å². The maximum absolute atomic E-state index is 4.47. The molecule has 0 saturated heterocycles. The fourth-order valence-electron chi connectivity index (χ4n) is 2.44. The van der Waals surface area contributed by atoms with E-state index in [-0.39, 0.29) is 0 Å². The Morgan fingerprint density at radius 1 is 1.33 bits per heavy atom. The third kappa shape index (κ3) is 2.63. The molecule has 2 heterocycles. The smallest absolute Gasteiger partial charge is 0.157 e. The quantitative estimate of drug-likeness (QED) is 0.901. The largest absolute Gasteiger partial charge is 0.381 e. The second-order valence-corrected chi connectivity index (χ2v) is 5.48. The van der Waals surface area contributed by atoms with Crippen LogP contribution in [-0.2, 0) is 7.05 Å². The molecule has 0 aliphatic carbocycles. The van der Waals surface area contributed by atoms with Crippen molar-refractivity contribution in [3.8, 4) is 0 Å². The molecule has 1 N–H and O–H groups in total. The van der Waals surface area contributed by atoms with Crippen molar-refractivity contribution < 1.29 is 0 Å². The summed E-state index contributed by atoms with van der Waals surface area (Å²) in [6, 6.07) is 2.60. The monoisotopic (exact) mass is 246 g/mol. The molecular weight excluding hydrogens is 224 g/mol. The fraction of sp³-hybridized carbons (Fsp3) is 0.571. The topological polar surface area (TPSA) is 42.7 Å². The third-order valence-corrected chi connectivity index (χ3v) is 3.10. The summed E-state index contributed by atoms with van der Waals surface area (Å²) in [7, 11) is 1.93. The van der Waals surface area contributed by atoms with E-state index in [9.17, 15) is 0 Å². The molecule has 1 unspecified atom stereocenters. The predicted octanol–water partition coefficient (Wildman–Crippen LogP) is 3.12. The number of aromatic nitrogens is 3. The maximum Gasteiger partial charge on any atom is 0.157 e. The standard InChI is InChI=1S/C14H22N4/c1-9(2)6-10(3)16-12-7-13-11(4)17-18(5)14(13)15-8-12/h7-10,16H,6H2,1-5H3. The SMILES string of the molecule is Cc1nn(C)c2ncc(NC(C)CC(C)C)cc12. The van der Waals surface area contributed by atoms with Crippen LogP contribution in [-0.4, -0.2) is 20.8 Å². The second-order valence-electron chi connectivity index (χ2n) is 5.48. The minimum absolute atomic E-state index is 0.459. The molecule has 0 saturated carbocycles. The van der Waals surface area contributed by atoms with E-state index in [1.165, 1.54) is 0 Å². The normalized spacial score (nSPS) is 13.2. The summed E-state index contributed by atoms with van der Waals surface area (Å²) in [6.07, 6.45) is 3.05. The predicted molar refractivity (Wildman–Crippen MR) is 75.8 cm³/mol. The molecule has 18 heavy (non-hydrogen) atoms. The van der Waals surface area contributed by atoms with Crippen molar-refractivity contribution in [2.75, 3.05) is 5.32 Å². The Morgan fingerprint density at radius 2 is 2.06 bits per heavy atom. The average Bonchev–Trinajstić information content (AvgIpc) is 2.53. The highest BCUT2D eigenvalue weighted by Gasteiger charge is 2.09. The number of anilines is 1. The van der Waals surface area contributed by atoms with E-state index in [1.807, 2.05) is 24.9 Å². The first-order chi connectivity index (χ1) is 8.47. The Kier molecular flexibility index (Phi) is 3.55. The number of fused-ring (bicyclic) bond motifs is 1. The summed E-state index contributed by atoms with van der Waals surface area (Å²) in [6.45, 7) is 8.71. The summed E-state index contributed by atoms with van der Waals surface area (Å²) in [5.74, 6) is 0.698. The van der Waals surface area contributed by atoms with E-state index in [0.29, 0.717) is 12.0 Å². The summed E-state index contributed by atoms with van der Waals surface area (Å²) in [4.78, 5) is 4.47. The first-order valence-corrected chi connectivity index (χ1v) is 6.53. The molecule has 0 aliphatic rings. The zero-order chi connectivity index (χ0) is 13.3. The lowest BCUT2D eigenvalue weighted by Crippen LogP contribution is -2.17. The number of nitrogens with zero attached hydrogens (tertiary/aromatic N) is 3. The Morgan fingerprint density at radius 3 is 2.72 bits per heavy atom. The van der Waals surface area contributed by atoms with Crippen LogP contribution in [0.15, 0.2) is 12.3 Å². The zero-order valence-corrected chi connectivity index (χ0v) is 11.9. The summed E-state index contributed by atoms with van der Waals surface area (Å²) in [5.41, 5.74) is 3.04. The molecule has 2 aromatic rings. The number of nitrogens with one attached hydrogen (secondary N) is 1. The average molecular weight is 246 g/mol. The molecule has 0 spiro atoms. The van der Waals surface area contributed by atoms with Gasteiger partial charge in [-0.05, 0) is 32.3 Å². The van der Waals surface area contributed by atoms with Gasteiger partial charge in [-0.1, -0.05) is 13.8 Å². The first kappa shape index (κ1) is 12.9. The summed E-state index contributed by atoms with van der Waals surface area (Å²) in [5, 5.41) is 9.01.